The van der Waals surface area contributed by atoms with Crippen LogP contribution in [0.4, 0.5) is 0 Å². The second-order valence-corrected chi connectivity index (χ2v) is 4.88. The van der Waals surface area contributed by atoms with E-state index in [1.165, 1.54) is 12.5 Å². The fourth-order valence-electron chi connectivity index (χ4n) is 2.14. The van der Waals surface area contributed by atoms with E-state index in [9.17, 15) is 9.59 Å². The first-order chi connectivity index (χ1) is 9.48. The van der Waals surface area contributed by atoms with Crippen LogP contribution in [-0.2, 0) is 25.5 Å². The Labute approximate surface area is 119 Å². The van der Waals surface area contributed by atoms with Gasteiger partial charge in [-0.3, -0.25) is 9.59 Å². The summed E-state index contributed by atoms with van der Waals surface area (Å²) in [5.41, 5.74) is -0.574. The number of rotatable bonds is 7. The van der Waals surface area contributed by atoms with Gasteiger partial charge in [-0.1, -0.05) is 13.8 Å². The highest BCUT2D eigenvalue weighted by Gasteiger charge is 2.51. The zero-order valence-electron chi connectivity index (χ0n) is 12.5. The Morgan fingerprint density at radius 2 is 1.75 bits per heavy atom. The Kier molecular flexibility index (Phi) is 5.80. The molecule has 0 saturated heterocycles. The molecule has 5 heteroatoms. The first-order valence-corrected chi connectivity index (χ1v) is 6.84. The van der Waals surface area contributed by atoms with Crippen molar-refractivity contribution >= 4 is 11.9 Å². The lowest BCUT2D eigenvalue weighted by atomic mass is 9.73. The standard InChI is InChI=1S/C15H22O5/c1-5-19-13(16)15(11(3)4,14(17)20-6-2)9-12-7-8-18-10-12/h7-8,10-11H,5-6,9H2,1-4H3. The summed E-state index contributed by atoms with van der Waals surface area (Å²) in [4.78, 5) is 24.8. The maximum Gasteiger partial charge on any atom is 0.324 e. The number of ether oxygens (including phenoxy) is 2. The molecule has 112 valence electrons. The van der Waals surface area contributed by atoms with Gasteiger partial charge in [0.25, 0.3) is 0 Å². The largest absolute Gasteiger partial charge is 0.472 e. The molecule has 1 rings (SSSR count). The van der Waals surface area contributed by atoms with Crippen molar-refractivity contribution in [2.24, 2.45) is 11.3 Å². The summed E-state index contributed by atoms with van der Waals surface area (Å²) in [6.45, 7) is 7.50. The van der Waals surface area contributed by atoms with Crippen molar-refractivity contribution in [3.8, 4) is 0 Å². The molecule has 1 aromatic rings. The molecule has 0 N–H and O–H groups in total. The third-order valence-electron chi connectivity index (χ3n) is 3.33. The summed E-state index contributed by atoms with van der Waals surface area (Å²) in [6.07, 6.45) is 3.24. The predicted molar refractivity (Wildman–Crippen MR) is 72.9 cm³/mol. The summed E-state index contributed by atoms with van der Waals surface area (Å²) >= 11 is 0. The zero-order chi connectivity index (χ0) is 15.2. The molecule has 20 heavy (non-hydrogen) atoms. The van der Waals surface area contributed by atoms with Gasteiger partial charge in [-0.25, -0.2) is 0 Å². The normalized spacial score (nSPS) is 11.4. The van der Waals surface area contributed by atoms with Crippen LogP contribution < -0.4 is 0 Å². The van der Waals surface area contributed by atoms with Crippen molar-refractivity contribution in [3.63, 3.8) is 0 Å². The van der Waals surface area contributed by atoms with E-state index in [1.807, 2.05) is 13.8 Å². The van der Waals surface area contributed by atoms with Crippen molar-refractivity contribution < 1.29 is 23.5 Å². The molecule has 0 saturated carbocycles. The van der Waals surface area contributed by atoms with E-state index in [2.05, 4.69) is 0 Å². The summed E-state index contributed by atoms with van der Waals surface area (Å²) in [7, 11) is 0. The smallest absolute Gasteiger partial charge is 0.324 e. The minimum Gasteiger partial charge on any atom is -0.472 e. The quantitative estimate of drug-likeness (QED) is 0.568. The van der Waals surface area contributed by atoms with Crippen LogP contribution in [0.5, 0.6) is 0 Å². The zero-order valence-corrected chi connectivity index (χ0v) is 12.5. The number of furan rings is 1. The Balaban J connectivity index is 3.18. The van der Waals surface area contributed by atoms with Crippen molar-refractivity contribution in [2.45, 2.75) is 34.1 Å². The fraction of sp³-hybridized carbons (Fsp3) is 0.600. The monoisotopic (exact) mass is 282 g/mol. The lowest BCUT2D eigenvalue weighted by Crippen LogP contribution is -2.48. The van der Waals surface area contributed by atoms with Crippen molar-refractivity contribution in [2.75, 3.05) is 13.2 Å². The van der Waals surface area contributed by atoms with Gasteiger partial charge in [-0.15, -0.1) is 0 Å². The van der Waals surface area contributed by atoms with Crippen molar-refractivity contribution in [1.29, 1.82) is 0 Å². The summed E-state index contributed by atoms with van der Waals surface area (Å²) in [6, 6.07) is 1.73. The molecule has 0 spiro atoms. The number of carbonyl (C=O) groups excluding carboxylic acids is 2. The van der Waals surface area contributed by atoms with Gasteiger partial charge >= 0.3 is 11.9 Å². The number of carbonyl (C=O) groups is 2. The van der Waals surface area contributed by atoms with E-state index in [0.29, 0.717) is 0 Å². The minimum absolute atomic E-state index is 0.207. The van der Waals surface area contributed by atoms with Gasteiger partial charge in [-0.05, 0) is 31.4 Å². The van der Waals surface area contributed by atoms with Crippen LogP contribution in [0.15, 0.2) is 23.0 Å². The van der Waals surface area contributed by atoms with Gasteiger partial charge in [0, 0.05) is 6.42 Å². The maximum absolute atomic E-state index is 12.4. The van der Waals surface area contributed by atoms with Crippen LogP contribution in [0, 0.1) is 11.3 Å². The lowest BCUT2D eigenvalue weighted by Gasteiger charge is -2.32. The van der Waals surface area contributed by atoms with Gasteiger partial charge < -0.3 is 13.9 Å². The average molecular weight is 282 g/mol. The molecule has 0 radical (unpaired) electrons. The van der Waals surface area contributed by atoms with Gasteiger partial charge in [0.05, 0.1) is 25.7 Å². The summed E-state index contributed by atoms with van der Waals surface area (Å²) in [5.74, 6) is -1.35. The summed E-state index contributed by atoms with van der Waals surface area (Å²) in [5, 5.41) is 0. The van der Waals surface area contributed by atoms with Gasteiger partial charge in [0.2, 0.25) is 0 Å². The second kappa shape index (κ2) is 7.12. The lowest BCUT2D eigenvalue weighted by molar-refractivity contribution is -0.176. The molecule has 0 aliphatic carbocycles. The van der Waals surface area contributed by atoms with E-state index < -0.39 is 17.4 Å². The Morgan fingerprint density at radius 1 is 1.20 bits per heavy atom. The van der Waals surface area contributed by atoms with Crippen LogP contribution in [0.2, 0.25) is 0 Å². The predicted octanol–water partition coefficient (Wildman–Crippen LogP) is 2.59. The second-order valence-electron chi connectivity index (χ2n) is 4.88. The molecule has 1 heterocycles. The fourth-order valence-corrected chi connectivity index (χ4v) is 2.14. The molecule has 0 aliphatic heterocycles. The molecule has 0 bridgehead atoms. The molecule has 0 atom stereocenters. The molecule has 0 amide bonds. The number of hydrogen-bond donors (Lipinski definition) is 0. The molecular formula is C15H22O5. The third-order valence-corrected chi connectivity index (χ3v) is 3.33. The van der Waals surface area contributed by atoms with Crippen LogP contribution in [0.25, 0.3) is 0 Å². The molecule has 0 aromatic carbocycles. The Morgan fingerprint density at radius 3 is 2.10 bits per heavy atom. The highest BCUT2D eigenvalue weighted by molar-refractivity contribution is 6.00. The summed E-state index contributed by atoms with van der Waals surface area (Å²) < 4.78 is 15.2. The van der Waals surface area contributed by atoms with E-state index in [4.69, 9.17) is 13.9 Å². The molecule has 5 nitrogen and oxygen atoms in total. The van der Waals surface area contributed by atoms with E-state index in [0.717, 1.165) is 5.56 Å². The number of esters is 2. The van der Waals surface area contributed by atoms with Crippen LogP contribution in [0.1, 0.15) is 33.3 Å². The van der Waals surface area contributed by atoms with E-state index in [-0.39, 0.29) is 25.6 Å². The van der Waals surface area contributed by atoms with Crippen LogP contribution >= 0.6 is 0 Å². The molecule has 0 fully saturated rings. The van der Waals surface area contributed by atoms with Crippen LogP contribution in [0.3, 0.4) is 0 Å². The topological polar surface area (TPSA) is 65.7 Å². The maximum atomic E-state index is 12.4. The van der Waals surface area contributed by atoms with Crippen molar-refractivity contribution in [1.82, 2.24) is 0 Å². The van der Waals surface area contributed by atoms with Gasteiger partial charge in [0.15, 0.2) is 5.41 Å². The average Bonchev–Trinajstić information content (AvgIpc) is 2.88. The highest BCUT2D eigenvalue weighted by Crippen LogP contribution is 2.35. The van der Waals surface area contributed by atoms with Gasteiger partial charge in [-0.2, -0.15) is 0 Å². The third kappa shape index (κ3) is 3.21. The van der Waals surface area contributed by atoms with E-state index >= 15 is 0 Å². The van der Waals surface area contributed by atoms with Gasteiger partial charge in [0.1, 0.15) is 0 Å². The molecule has 0 unspecified atom stereocenters. The Bertz CT molecular complexity index is 415. The minimum atomic E-state index is -1.34. The molecule has 1 aromatic heterocycles. The number of hydrogen-bond acceptors (Lipinski definition) is 5. The first-order valence-electron chi connectivity index (χ1n) is 6.84. The van der Waals surface area contributed by atoms with Crippen LogP contribution in [-0.4, -0.2) is 25.2 Å². The van der Waals surface area contributed by atoms with E-state index in [1.54, 1.807) is 19.9 Å². The SMILES string of the molecule is CCOC(=O)C(Cc1ccoc1)(C(=O)OCC)C(C)C. The first kappa shape index (κ1) is 16.3. The Hall–Kier alpha value is -1.78. The molecular weight excluding hydrogens is 260 g/mol. The molecule has 0 aliphatic rings. The van der Waals surface area contributed by atoms with Crippen molar-refractivity contribution in [3.05, 3.63) is 24.2 Å². The highest BCUT2D eigenvalue weighted by atomic mass is 16.6.